The molecule has 29 heteroatoms. The van der Waals surface area contributed by atoms with Crippen LogP contribution in [0.2, 0.25) is 0 Å². The molecule has 3 aromatic heterocycles. The van der Waals surface area contributed by atoms with Crippen LogP contribution in [-0.4, -0.2) is 123 Å². The van der Waals surface area contributed by atoms with Crippen LogP contribution in [0.25, 0.3) is 11.2 Å². The Morgan fingerprint density at radius 2 is 1.46 bits per heavy atom. The molecule has 0 bridgehead atoms. The van der Waals surface area contributed by atoms with E-state index in [0.717, 1.165) is 10.9 Å². The summed E-state index contributed by atoms with van der Waals surface area (Å²) in [6.07, 6.45) is -4.10. The molecule has 2 saturated heterocycles. The minimum Gasteiger partial charge on any atom is -0.454 e. The Balaban J connectivity index is 1.51. The van der Waals surface area contributed by atoms with Crippen molar-refractivity contribution in [3.8, 4) is 0 Å². The van der Waals surface area contributed by atoms with Gasteiger partial charge in [-0.05, 0) is 30.7 Å². The van der Waals surface area contributed by atoms with Gasteiger partial charge in [0.25, 0.3) is 0 Å². The molecule has 0 saturated carbocycles. The van der Waals surface area contributed by atoms with Crippen LogP contribution >= 0.6 is 15.6 Å². The number of hydrogen-bond donors (Lipinski definition) is 7. The van der Waals surface area contributed by atoms with Crippen LogP contribution in [0.1, 0.15) is 72.3 Å². The quantitative estimate of drug-likeness (QED) is 0.0375. The fourth-order valence-corrected chi connectivity index (χ4v) is 8.38. The van der Waals surface area contributed by atoms with Gasteiger partial charge in [-0.25, -0.2) is 38.5 Å². The third-order valence-corrected chi connectivity index (χ3v) is 12.0. The molecule has 0 spiro atoms. The fourth-order valence-electron chi connectivity index (χ4n) is 7.08. The van der Waals surface area contributed by atoms with E-state index in [1.54, 1.807) is 27.7 Å². The first-order valence-corrected chi connectivity index (χ1v) is 24.2. The number of carbonyl (C=O) groups excluding carboxylic acids is 4. The van der Waals surface area contributed by atoms with Gasteiger partial charge in [0, 0.05) is 25.5 Å². The number of nitrogen functional groups attached to an aromatic ring is 2. The Labute approximate surface area is 388 Å². The molecule has 374 valence electrons. The summed E-state index contributed by atoms with van der Waals surface area (Å²) < 4.78 is 67.5. The number of aromatic nitrogens is 6. The van der Waals surface area contributed by atoms with Gasteiger partial charge in [0.1, 0.15) is 54.3 Å². The van der Waals surface area contributed by atoms with Gasteiger partial charge in [-0.1, -0.05) is 39.8 Å². The summed E-state index contributed by atoms with van der Waals surface area (Å²) in [7, 11) is -10.5. The molecule has 0 aromatic carbocycles. The zero-order valence-corrected chi connectivity index (χ0v) is 39.3. The summed E-state index contributed by atoms with van der Waals surface area (Å²) in [6, 6.07) is -1.30. The van der Waals surface area contributed by atoms with Crippen LogP contribution in [0.4, 0.5) is 11.6 Å². The summed E-state index contributed by atoms with van der Waals surface area (Å²) in [5.74, 6) is -4.37. The molecule has 2 aliphatic heterocycles. The molecular weight excluding hydrogens is 942 g/mol. The van der Waals surface area contributed by atoms with Crippen LogP contribution in [0.5, 0.6) is 0 Å². The lowest BCUT2D eigenvalue weighted by atomic mass is 10.0. The Bertz CT molecular complexity index is 2460. The maximum absolute atomic E-state index is 14.2. The molecule has 5 rings (SSSR count). The number of phosphoric ester groups is 2. The highest BCUT2D eigenvalue weighted by molar-refractivity contribution is 7.47. The van der Waals surface area contributed by atoms with Crippen molar-refractivity contribution in [2.75, 3.05) is 24.7 Å². The summed E-state index contributed by atoms with van der Waals surface area (Å²) in [5, 5.41) is 5.28. The van der Waals surface area contributed by atoms with E-state index in [-0.39, 0.29) is 42.1 Å². The van der Waals surface area contributed by atoms with Crippen molar-refractivity contribution >= 4 is 62.2 Å². The molecule has 0 radical (unpaired) electrons. The number of phosphoric acid groups is 2. The second-order valence-electron chi connectivity index (χ2n) is 16.3. The summed E-state index contributed by atoms with van der Waals surface area (Å²) >= 11 is 0. The van der Waals surface area contributed by atoms with Crippen molar-refractivity contribution in [3.63, 3.8) is 0 Å². The van der Waals surface area contributed by atoms with Crippen LogP contribution in [-0.2, 0) is 60.8 Å². The molecular formula is C39H56N10O17P2. The zero-order chi connectivity index (χ0) is 50.1. The van der Waals surface area contributed by atoms with E-state index >= 15 is 0 Å². The second-order valence-corrected chi connectivity index (χ2v) is 18.9. The molecule has 10 atom stereocenters. The molecule has 2 amide bonds. The minimum absolute atomic E-state index is 0.00243. The number of nitrogens with two attached hydrogens (primary N) is 2. The van der Waals surface area contributed by atoms with Crippen LogP contribution < -0.4 is 27.8 Å². The van der Waals surface area contributed by atoms with Crippen molar-refractivity contribution in [1.82, 2.24) is 39.7 Å². The van der Waals surface area contributed by atoms with Crippen molar-refractivity contribution in [2.24, 2.45) is 11.8 Å². The van der Waals surface area contributed by atoms with Crippen molar-refractivity contribution < 1.29 is 75.5 Å². The fraction of sp³-hybridized carbons (Fsp3) is 0.564. The molecule has 2 fully saturated rings. The van der Waals surface area contributed by atoms with Gasteiger partial charge >= 0.3 is 33.3 Å². The zero-order valence-electron chi connectivity index (χ0n) is 37.5. The topological polar surface area (TPSA) is 382 Å². The number of nitrogens with zero attached hydrogens (tertiary/aromatic N) is 6. The largest absolute Gasteiger partial charge is 0.472 e. The van der Waals surface area contributed by atoms with Gasteiger partial charge in [0.2, 0.25) is 11.8 Å². The Kier molecular flexibility index (Phi) is 18.3. The number of carbonyl (C=O) groups is 4. The van der Waals surface area contributed by atoms with E-state index in [2.05, 4.69) is 48.3 Å². The Hall–Kier alpha value is -5.47. The van der Waals surface area contributed by atoms with Crippen molar-refractivity contribution in [1.29, 1.82) is 0 Å². The SMILES string of the molecule is C=CCCC(=O)N[C@H](C(=O)O[C@@H]1[C@H](OC(=O)[C@@H](NC(=O)CCC=C)C(C)C)[C@@H](COP(=O)(O)O[C@H]2C[C@H](n3ccc(N)nc3=O)O[C@@H]2COP(=O)(O)O)O[C@H]1n1cnc2c(N)ncnc21)C(C)C. The smallest absolute Gasteiger partial charge is 0.454 e. The van der Waals surface area contributed by atoms with Gasteiger partial charge in [0.05, 0.1) is 19.5 Å². The first-order valence-electron chi connectivity index (χ1n) is 21.2. The summed E-state index contributed by atoms with van der Waals surface area (Å²) in [6.45, 7) is 11.9. The first kappa shape index (κ1) is 53.5. The van der Waals surface area contributed by atoms with Gasteiger partial charge in [-0.3, -0.25) is 32.3 Å². The summed E-state index contributed by atoms with van der Waals surface area (Å²) in [5.41, 5.74) is 10.9. The average molecular weight is 999 g/mol. The maximum atomic E-state index is 14.2. The molecule has 9 N–H and O–H groups in total. The molecule has 3 aromatic rings. The number of rotatable bonds is 24. The number of esters is 2. The lowest BCUT2D eigenvalue weighted by Gasteiger charge is -2.30. The second kappa shape index (κ2) is 23.2. The van der Waals surface area contributed by atoms with E-state index in [4.69, 9.17) is 39.5 Å². The first-order chi connectivity index (χ1) is 32.0. The third kappa shape index (κ3) is 14.1. The van der Waals surface area contributed by atoms with Gasteiger partial charge in [-0.2, -0.15) is 4.98 Å². The highest BCUT2D eigenvalue weighted by atomic mass is 31.2. The third-order valence-electron chi connectivity index (χ3n) is 10.5. The van der Waals surface area contributed by atoms with Crippen LogP contribution in [0, 0.1) is 11.8 Å². The molecule has 68 heavy (non-hydrogen) atoms. The Morgan fingerprint density at radius 1 is 0.868 bits per heavy atom. The summed E-state index contributed by atoms with van der Waals surface area (Å²) in [4.78, 5) is 113. The van der Waals surface area contributed by atoms with E-state index in [0.29, 0.717) is 12.8 Å². The van der Waals surface area contributed by atoms with Crippen molar-refractivity contribution in [2.45, 2.75) is 115 Å². The number of fused-ring (bicyclic) bond motifs is 1. The molecule has 27 nitrogen and oxygen atoms in total. The monoisotopic (exact) mass is 998 g/mol. The minimum atomic E-state index is -5.34. The lowest BCUT2D eigenvalue weighted by Crippen LogP contribution is -2.51. The number of ether oxygens (including phenoxy) is 4. The highest BCUT2D eigenvalue weighted by Crippen LogP contribution is 2.50. The molecule has 1 unspecified atom stereocenters. The van der Waals surface area contributed by atoms with Gasteiger partial charge in [0.15, 0.2) is 29.9 Å². The maximum Gasteiger partial charge on any atom is 0.472 e. The number of allylic oxidation sites excluding steroid dienone is 2. The van der Waals surface area contributed by atoms with Gasteiger partial charge in [-0.15, -0.1) is 13.2 Å². The number of imidazole rings is 1. The molecule has 5 heterocycles. The lowest BCUT2D eigenvalue weighted by molar-refractivity contribution is -0.173. The highest BCUT2D eigenvalue weighted by Gasteiger charge is 2.53. The van der Waals surface area contributed by atoms with E-state index in [1.165, 1.54) is 35.3 Å². The van der Waals surface area contributed by atoms with E-state index < -0.39 is 125 Å². The van der Waals surface area contributed by atoms with E-state index in [1.807, 2.05) is 0 Å². The standard InChI is InChI=1S/C39H56N10O17P2/c1-7-9-11-26(50)46-29(20(3)4)37(52)64-32-24(17-61-68(58,59)66-22-15-28(48-14-13-25(40)45-39(48)54)62-23(22)16-60-67(55,56)57)63-36(49-19-44-31-34(41)42-18-43-35(31)49)33(32)65-38(53)30(21(5)6)47-27(51)12-10-8-2/h7-8,13-14,18-24,28-30,32-33,36H,1-2,9-12,15-17H2,3-6H3,(H,46,50)(H,47,51)(H,58,59)(H2,40,45,54)(H2,41,42,43)(H2,55,56,57)/t22-,23+,24+,28+,29-,30-,32+,33+,36+/m0/s1. The van der Waals surface area contributed by atoms with E-state index in [9.17, 15) is 47.8 Å². The number of anilines is 2. The van der Waals surface area contributed by atoms with Crippen LogP contribution in [0.15, 0.2) is 55.0 Å². The predicted octanol–water partition coefficient (Wildman–Crippen LogP) is 1.08. The number of nitrogens with one attached hydrogen (secondary N) is 2. The average Bonchev–Trinajstić information content (AvgIpc) is 3.96. The predicted molar refractivity (Wildman–Crippen MR) is 236 cm³/mol. The number of hydrogen-bond acceptors (Lipinski definition) is 20. The van der Waals surface area contributed by atoms with Gasteiger partial charge < -0.3 is 55.7 Å². The molecule has 0 aliphatic carbocycles. The van der Waals surface area contributed by atoms with Crippen LogP contribution in [0.3, 0.4) is 0 Å². The normalized spacial score (nSPS) is 23.5. The Morgan fingerprint density at radius 3 is 2.01 bits per heavy atom. The molecule has 2 aliphatic rings. The van der Waals surface area contributed by atoms with Crippen molar-refractivity contribution in [3.05, 3.63) is 60.7 Å². The number of amides is 2.